The molecule has 1 aliphatic heterocycles. The summed E-state index contributed by atoms with van der Waals surface area (Å²) in [4.78, 5) is 0.168. The number of aryl methyl sites for hydroxylation is 1. The standard InChI is InChI=1S/C25H35O4S2/c1-17-9-11-21(12-10-17)31(26,27)29-23-18(2)19(3)24-22(20(23)4)13-15-25(5,28-24)14-8-16-30(6)7/h9-12H,8,13-16H2,1-7H3/q+1. The van der Waals surface area contributed by atoms with Crippen LogP contribution in [0.15, 0.2) is 29.2 Å². The molecule has 2 aromatic carbocycles. The van der Waals surface area contributed by atoms with Gasteiger partial charge in [-0.05, 0) is 100 Å². The summed E-state index contributed by atoms with van der Waals surface area (Å²) in [6.45, 7) is 9.99. The molecule has 0 spiro atoms. The molecule has 1 aliphatic rings. The van der Waals surface area contributed by atoms with Crippen molar-refractivity contribution in [3.8, 4) is 11.5 Å². The minimum absolute atomic E-state index is 0.168. The fourth-order valence-electron chi connectivity index (χ4n) is 4.18. The molecule has 0 N–H and O–H groups in total. The van der Waals surface area contributed by atoms with E-state index in [0.29, 0.717) is 16.6 Å². The van der Waals surface area contributed by atoms with Crippen molar-refractivity contribution in [2.24, 2.45) is 0 Å². The molecule has 0 saturated carbocycles. The molecule has 1 unspecified atom stereocenters. The fraction of sp³-hybridized carbons (Fsp3) is 0.520. The van der Waals surface area contributed by atoms with Crippen molar-refractivity contribution < 1.29 is 17.3 Å². The lowest BCUT2D eigenvalue weighted by atomic mass is 9.85. The van der Waals surface area contributed by atoms with Gasteiger partial charge in [0.25, 0.3) is 0 Å². The number of hydrogen-bond donors (Lipinski definition) is 0. The maximum Gasteiger partial charge on any atom is 0.339 e. The number of hydrogen-bond acceptors (Lipinski definition) is 4. The highest BCUT2D eigenvalue weighted by Gasteiger charge is 2.35. The summed E-state index contributed by atoms with van der Waals surface area (Å²) in [5, 5.41) is 0. The zero-order chi connectivity index (χ0) is 23.0. The van der Waals surface area contributed by atoms with E-state index in [9.17, 15) is 8.42 Å². The van der Waals surface area contributed by atoms with E-state index in [1.807, 2.05) is 27.7 Å². The minimum Gasteiger partial charge on any atom is -0.487 e. The lowest BCUT2D eigenvalue weighted by Crippen LogP contribution is -2.37. The number of fused-ring (bicyclic) bond motifs is 1. The Morgan fingerprint density at radius 1 is 1.03 bits per heavy atom. The lowest BCUT2D eigenvalue weighted by molar-refractivity contribution is 0.0545. The van der Waals surface area contributed by atoms with Gasteiger partial charge < -0.3 is 8.92 Å². The van der Waals surface area contributed by atoms with Crippen LogP contribution in [0.25, 0.3) is 0 Å². The second-order valence-electron chi connectivity index (χ2n) is 9.21. The highest BCUT2D eigenvalue weighted by molar-refractivity contribution is 7.95. The van der Waals surface area contributed by atoms with E-state index in [4.69, 9.17) is 8.92 Å². The van der Waals surface area contributed by atoms with Crippen molar-refractivity contribution in [3.05, 3.63) is 52.1 Å². The molecule has 31 heavy (non-hydrogen) atoms. The van der Waals surface area contributed by atoms with E-state index < -0.39 is 10.1 Å². The normalized spacial score (nSPS) is 18.6. The van der Waals surface area contributed by atoms with Gasteiger partial charge in [-0.25, -0.2) is 0 Å². The molecule has 0 bridgehead atoms. The van der Waals surface area contributed by atoms with Crippen LogP contribution in [-0.2, 0) is 27.4 Å². The van der Waals surface area contributed by atoms with Gasteiger partial charge in [-0.3, -0.25) is 0 Å². The summed E-state index contributed by atoms with van der Waals surface area (Å²) in [5.41, 5.74) is 4.54. The van der Waals surface area contributed by atoms with Gasteiger partial charge >= 0.3 is 10.1 Å². The smallest absolute Gasteiger partial charge is 0.339 e. The highest BCUT2D eigenvalue weighted by atomic mass is 32.2. The third-order valence-corrected chi connectivity index (χ3v) is 8.67. The van der Waals surface area contributed by atoms with Crippen LogP contribution in [0.3, 0.4) is 0 Å². The first kappa shape index (κ1) is 24.0. The van der Waals surface area contributed by atoms with E-state index >= 15 is 0 Å². The predicted octanol–water partition coefficient (Wildman–Crippen LogP) is 5.43. The van der Waals surface area contributed by atoms with Crippen LogP contribution in [-0.4, -0.2) is 32.3 Å². The number of ether oxygens (including phenoxy) is 1. The Bertz CT molecular complexity index is 1060. The average molecular weight is 464 g/mol. The summed E-state index contributed by atoms with van der Waals surface area (Å²) in [7, 11) is -3.46. The third kappa shape index (κ3) is 5.23. The SMILES string of the molecule is Cc1ccc(S(=O)(=O)Oc2c(C)c(C)c3c(c2C)CCC(C)(CCC[S+](C)C)O3)cc1. The van der Waals surface area contributed by atoms with Crippen LogP contribution in [0.4, 0.5) is 0 Å². The Morgan fingerprint density at radius 3 is 2.29 bits per heavy atom. The summed E-state index contributed by atoms with van der Waals surface area (Å²) in [6.07, 6.45) is 8.55. The summed E-state index contributed by atoms with van der Waals surface area (Å²) >= 11 is 0. The van der Waals surface area contributed by atoms with E-state index in [0.717, 1.165) is 59.3 Å². The molecule has 0 aliphatic carbocycles. The second kappa shape index (κ2) is 9.07. The molecular weight excluding hydrogens is 428 g/mol. The summed E-state index contributed by atoms with van der Waals surface area (Å²) in [6, 6.07) is 6.74. The molecule has 0 saturated heterocycles. The first-order chi connectivity index (χ1) is 14.4. The second-order valence-corrected chi connectivity index (χ2v) is 13.1. The predicted molar refractivity (Wildman–Crippen MR) is 130 cm³/mol. The van der Waals surface area contributed by atoms with Crippen LogP contribution in [0.2, 0.25) is 0 Å². The summed E-state index contributed by atoms with van der Waals surface area (Å²) in [5.74, 6) is 2.58. The Balaban J connectivity index is 1.91. The van der Waals surface area contributed by atoms with Crippen molar-refractivity contribution in [2.75, 3.05) is 18.3 Å². The zero-order valence-corrected chi connectivity index (χ0v) is 21.4. The molecular formula is C25H35O4S2+. The lowest BCUT2D eigenvalue weighted by Gasteiger charge is -2.38. The van der Waals surface area contributed by atoms with E-state index in [2.05, 4.69) is 19.4 Å². The molecule has 0 amide bonds. The van der Waals surface area contributed by atoms with Crippen molar-refractivity contribution in [1.82, 2.24) is 0 Å². The van der Waals surface area contributed by atoms with Crippen molar-refractivity contribution in [3.63, 3.8) is 0 Å². The largest absolute Gasteiger partial charge is 0.487 e. The Hall–Kier alpha value is -1.66. The quantitative estimate of drug-likeness (QED) is 0.406. The van der Waals surface area contributed by atoms with Gasteiger partial charge in [-0.15, -0.1) is 0 Å². The van der Waals surface area contributed by atoms with Crippen LogP contribution in [0.5, 0.6) is 11.5 Å². The molecule has 1 heterocycles. The molecule has 4 nitrogen and oxygen atoms in total. The van der Waals surface area contributed by atoms with Crippen molar-refractivity contribution >= 4 is 21.0 Å². The minimum atomic E-state index is -3.90. The molecule has 0 fully saturated rings. The Labute approximate surface area is 190 Å². The van der Waals surface area contributed by atoms with Gasteiger partial charge in [-0.1, -0.05) is 17.7 Å². The molecule has 170 valence electrons. The maximum absolute atomic E-state index is 12.9. The third-order valence-electron chi connectivity index (χ3n) is 6.32. The van der Waals surface area contributed by atoms with Gasteiger partial charge in [0, 0.05) is 5.56 Å². The van der Waals surface area contributed by atoms with Crippen molar-refractivity contribution in [1.29, 1.82) is 0 Å². The molecule has 6 heteroatoms. The molecule has 3 rings (SSSR count). The van der Waals surface area contributed by atoms with Gasteiger partial charge in [0.2, 0.25) is 0 Å². The van der Waals surface area contributed by atoms with Gasteiger partial charge in [0.05, 0.1) is 12.5 Å². The van der Waals surface area contributed by atoms with Crippen LogP contribution in [0.1, 0.15) is 54.0 Å². The Morgan fingerprint density at radius 2 is 1.68 bits per heavy atom. The zero-order valence-electron chi connectivity index (χ0n) is 19.8. The van der Waals surface area contributed by atoms with Crippen molar-refractivity contribution in [2.45, 2.75) is 70.8 Å². The topological polar surface area (TPSA) is 52.6 Å². The van der Waals surface area contributed by atoms with Gasteiger partial charge in [0.1, 0.15) is 27.7 Å². The van der Waals surface area contributed by atoms with Crippen LogP contribution in [0, 0.1) is 27.7 Å². The van der Waals surface area contributed by atoms with Gasteiger partial charge in [-0.2, -0.15) is 8.42 Å². The fourth-order valence-corrected chi connectivity index (χ4v) is 5.94. The number of rotatable bonds is 7. The maximum atomic E-state index is 12.9. The van der Waals surface area contributed by atoms with E-state index in [1.165, 1.54) is 5.75 Å². The van der Waals surface area contributed by atoms with Gasteiger partial charge in [0.15, 0.2) is 0 Å². The van der Waals surface area contributed by atoms with Crippen LogP contribution >= 0.6 is 0 Å². The first-order valence-corrected chi connectivity index (χ1v) is 14.4. The summed E-state index contributed by atoms with van der Waals surface area (Å²) < 4.78 is 38.1. The highest BCUT2D eigenvalue weighted by Crippen LogP contribution is 2.45. The first-order valence-electron chi connectivity index (χ1n) is 10.8. The average Bonchev–Trinajstić information content (AvgIpc) is 2.69. The van der Waals surface area contributed by atoms with Crippen LogP contribution < -0.4 is 8.92 Å². The molecule has 0 aromatic heterocycles. The van der Waals surface area contributed by atoms with E-state index in [-0.39, 0.29) is 10.5 Å². The number of benzene rings is 2. The molecule has 1 atom stereocenters. The molecule has 0 radical (unpaired) electrons. The van der Waals surface area contributed by atoms with E-state index in [1.54, 1.807) is 24.3 Å². The molecule has 2 aromatic rings. The monoisotopic (exact) mass is 463 g/mol. The Kier molecular flexibility index (Phi) is 7.02.